The molecule has 2 aromatic rings. The third-order valence-corrected chi connectivity index (χ3v) is 4.24. The van der Waals surface area contributed by atoms with Gasteiger partial charge in [0.05, 0.1) is 24.4 Å². The Kier molecular flexibility index (Phi) is 5.16. The molecule has 0 aliphatic carbocycles. The van der Waals surface area contributed by atoms with E-state index in [0.717, 1.165) is 17.2 Å². The normalized spacial score (nSPS) is 17.1. The Morgan fingerprint density at radius 2 is 1.96 bits per heavy atom. The van der Waals surface area contributed by atoms with Crippen LogP contribution in [0.25, 0.3) is 0 Å². The molecule has 28 heavy (non-hydrogen) atoms. The quantitative estimate of drug-likeness (QED) is 0.856. The van der Waals surface area contributed by atoms with Gasteiger partial charge in [-0.2, -0.15) is 13.2 Å². The Labute approximate surface area is 158 Å². The molecule has 3 rings (SSSR count). The van der Waals surface area contributed by atoms with Crippen molar-refractivity contribution >= 4 is 17.5 Å². The van der Waals surface area contributed by atoms with Gasteiger partial charge in [0, 0.05) is 17.2 Å². The Morgan fingerprint density at radius 3 is 2.50 bits per heavy atom. The highest BCUT2D eigenvalue weighted by Gasteiger charge is 2.34. The maximum Gasteiger partial charge on any atom is 0.416 e. The number of nitrogens with one attached hydrogen (secondary N) is 1. The number of carbonyl (C=O) groups excluding carboxylic acids is 2. The van der Waals surface area contributed by atoms with Crippen LogP contribution in [0.4, 0.5) is 18.9 Å². The third-order valence-electron chi connectivity index (χ3n) is 4.24. The van der Waals surface area contributed by atoms with Gasteiger partial charge in [0.1, 0.15) is 11.3 Å². The molecule has 0 radical (unpaired) electrons. The predicted octanol–water partition coefficient (Wildman–Crippen LogP) is 3.59. The lowest BCUT2D eigenvalue weighted by molar-refractivity contribution is -0.137. The van der Waals surface area contributed by atoms with Crippen LogP contribution >= 0.6 is 0 Å². The summed E-state index contributed by atoms with van der Waals surface area (Å²) in [5, 5.41) is 7.06. The van der Waals surface area contributed by atoms with Crippen LogP contribution in [0.2, 0.25) is 0 Å². The van der Waals surface area contributed by atoms with Gasteiger partial charge in [-0.05, 0) is 32.0 Å². The molecule has 1 aliphatic rings. The average Bonchev–Trinajstić information content (AvgIpc) is 3.18. The van der Waals surface area contributed by atoms with Crippen LogP contribution in [-0.4, -0.2) is 35.2 Å². The van der Waals surface area contributed by atoms with E-state index in [1.165, 1.54) is 13.0 Å². The van der Waals surface area contributed by atoms with Gasteiger partial charge in [-0.1, -0.05) is 12.1 Å². The largest absolute Gasteiger partial charge is 0.416 e. The van der Waals surface area contributed by atoms with Crippen LogP contribution in [0.1, 0.15) is 44.7 Å². The van der Waals surface area contributed by atoms with E-state index in [-0.39, 0.29) is 35.0 Å². The van der Waals surface area contributed by atoms with Crippen molar-refractivity contribution in [1.82, 2.24) is 10.2 Å². The standard InChI is InChI=1S/C18H18F3N3O4/c1-9-7-24(27-8-9)17(26)12-4-13(18(19,20)21)6-14(5-12)22-16(25)15-10(2)23-28-11(15)3/h4-6,9H,7-8H2,1-3H3,(H,22,25). The van der Waals surface area contributed by atoms with Gasteiger partial charge in [-0.3, -0.25) is 14.4 Å². The number of hydrogen-bond acceptors (Lipinski definition) is 5. The van der Waals surface area contributed by atoms with Crippen molar-refractivity contribution in [2.24, 2.45) is 5.92 Å². The average molecular weight is 397 g/mol. The monoisotopic (exact) mass is 397 g/mol. The zero-order chi connectivity index (χ0) is 20.6. The molecular weight excluding hydrogens is 379 g/mol. The van der Waals surface area contributed by atoms with Crippen molar-refractivity contribution in [2.75, 3.05) is 18.5 Å². The Hall–Kier alpha value is -2.88. The van der Waals surface area contributed by atoms with Crippen LogP contribution < -0.4 is 5.32 Å². The third kappa shape index (κ3) is 4.01. The molecule has 7 nitrogen and oxygen atoms in total. The summed E-state index contributed by atoms with van der Waals surface area (Å²) >= 11 is 0. The van der Waals surface area contributed by atoms with E-state index in [2.05, 4.69) is 10.5 Å². The lowest BCUT2D eigenvalue weighted by Crippen LogP contribution is -2.28. The van der Waals surface area contributed by atoms with E-state index >= 15 is 0 Å². The van der Waals surface area contributed by atoms with Crippen LogP contribution in [0, 0.1) is 19.8 Å². The molecule has 0 saturated carbocycles. The number of aromatic nitrogens is 1. The fraction of sp³-hybridized carbons (Fsp3) is 0.389. The highest BCUT2D eigenvalue weighted by molar-refractivity contribution is 6.06. The van der Waals surface area contributed by atoms with Gasteiger partial charge in [0.25, 0.3) is 11.8 Å². The van der Waals surface area contributed by atoms with Crippen LogP contribution in [0.5, 0.6) is 0 Å². The summed E-state index contributed by atoms with van der Waals surface area (Å²) in [7, 11) is 0. The fourth-order valence-electron chi connectivity index (χ4n) is 2.88. The molecule has 1 fully saturated rings. The molecule has 150 valence electrons. The summed E-state index contributed by atoms with van der Waals surface area (Å²) < 4.78 is 44.8. The number of hydrogen-bond donors (Lipinski definition) is 1. The summed E-state index contributed by atoms with van der Waals surface area (Å²) in [5.74, 6) is -1.07. The number of aryl methyl sites for hydroxylation is 2. The van der Waals surface area contributed by atoms with Crippen LogP contribution in [0.3, 0.4) is 0 Å². The second-order valence-corrected chi connectivity index (χ2v) is 6.72. The Bertz CT molecular complexity index is 904. The Morgan fingerprint density at radius 1 is 1.25 bits per heavy atom. The zero-order valence-electron chi connectivity index (χ0n) is 15.4. The number of halogens is 3. The molecule has 1 N–H and O–H groups in total. The van der Waals surface area contributed by atoms with Crippen molar-refractivity contribution < 1.29 is 32.1 Å². The van der Waals surface area contributed by atoms with Gasteiger partial charge in [-0.15, -0.1) is 0 Å². The van der Waals surface area contributed by atoms with E-state index in [4.69, 9.17) is 9.36 Å². The molecule has 1 aliphatic heterocycles. The van der Waals surface area contributed by atoms with Crippen molar-refractivity contribution in [3.8, 4) is 0 Å². The van der Waals surface area contributed by atoms with Gasteiger partial charge in [-0.25, -0.2) is 5.06 Å². The summed E-state index contributed by atoms with van der Waals surface area (Å²) in [4.78, 5) is 30.2. The van der Waals surface area contributed by atoms with Crippen molar-refractivity contribution in [1.29, 1.82) is 0 Å². The molecule has 0 bridgehead atoms. The summed E-state index contributed by atoms with van der Waals surface area (Å²) in [6.07, 6.45) is -4.70. The van der Waals surface area contributed by atoms with Crippen LogP contribution in [0.15, 0.2) is 22.7 Å². The SMILES string of the molecule is Cc1noc(C)c1C(=O)Nc1cc(C(=O)N2CC(C)CO2)cc(C(F)(F)F)c1. The fourth-order valence-corrected chi connectivity index (χ4v) is 2.88. The van der Waals surface area contributed by atoms with E-state index in [1.54, 1.807) is 6.92 Å². The second-order valence-electron chi connectivity index (χ2n) is 6.72. The number of hydroxylamine groups is 2. The zero-order valence-corrected chi connectivity index (χ0v) is 15.4. The van der Waals surface area contributed by atoms with E-state index < -0.39 is 23.6 Å². The van der Waals surface area contributed by atoms with Gasteiger partial charge < -0.3 is 9.84 Å². The molecule has 2 amide bonds. The minimum atomic E-state index is -4.70. The van der Waals surface area contributed by atoms with Crippen LogP contribution in [-0.2, 0) is 11.0 Å². The summed E-state index contributed by atoms with van der Waals surface area (Å²) in [6.45, 7) is 5.49. The first kappa shape index (κ1) is 19.9. The number of alkyl halides is 3. The maximum atomic E-state index is 13.3. The van der Waals surface area contributed by atoms with Gasteiger partial charge in [0.2, 0.25) is 0 Å². The molecule has 10 heteroatoms. The molecule has 1 unspecified atom stereocenters. The first-order valence-corrected chi connectivity index (χ1v) is 8.47. The van der Waals surface area contributed by atoms with Gasteiger partial charge in [0.15, 0.2) is 0 Å². The maximum absolute atomic E-state index is 13.3. The molecule has 1 atom stereocenters. The molecular formula is C18H18F3N3O4. The molecule has 1 aromatic heterocycles. The van der Waals surface area contributed by atoms with E-state index in [1.807, 2.05) is 6.92 Å². The predicted molar refractivity (Wildman–Crippen MR) is 91.5 cm³/mol. The first-order valence-electron chi connectivity index (χ1n) is 8.47. The first-order chi connectivity index (χ1) is 13.1. The smallest absolute Gasteiger partial charge is 0.361 e. The van der Waals surface area contributed by atoms with Crippen molar-refractivity contribution in [3.63, 3.8) is 0 Å². The molecule has 0 spiro atoms. The number of nitrogens with zero attached hydrogens (tertiary/aromatic N) is 2. The number of anilines is 1. The molecule has 1 saturated heterocycles. The highest BCUT2D eigenvalue weighted by atomic mass is 19.4. The molecule has 1 aromatic carbocycles. The van der Waals surface area contributed by atoms with Gasteiger partial charge >= 0.3 is 6.18 Å². The summed E-state index contributed by atoms with van der Waals surface area (Å²) in [6, 6.07) is 2.68. The summed E-state index contributed by atoms with van der Waals surface area (Å²) in [5.41, 5.74) is -1.03. The Balaban J connectivity index is 1.94. The highest BCUT2D eigenvalue weighted by Crippen LogP contribution is 2.33. The van der Waals surface area contributed by atoms with E-state index in [0.29, 0.717) is 12.3 Å². The second kappa shape index (κ2) is 7.27. The number of benzene rings is 1. The number of amides is 2. The minimum absolute atomic E-state index is 0.0773. The lowest BCUT2D eigenvalue weighted by atomic mass is 10.1. The number of carbonyl (C=O) groups is 2. The molecule has 2 heterocycles. The number of rotatable bonds is 3. The topological polar surface area (TPSA) is 84.7 Å². The van der Waals surface area contributed by atoms with E-state index in [9.17, 15) is 22.8 Å². The lowest BCUT2D eigenvalue weighted by Gasteiger charge is -2.17. The minimum Gasteiger partial charge on any atom is -0.361 e. The van der Waals surface area contributed by atoms with Crippen molar-refractivity contribution in [2.45, 2.75) is 26.9 Å². The van der Waals surface area contributed by atoms with Crippen molar-refractivity contribution in [3.05, 3.63) is 46.3 Å².